The van der Waals surface area contributed by atoms with E-state index in [0.717, 1.165) is 12.0 Å². The first-order valence-corrected chi connectivity index (χ1v) is 6.98. The molecule has 112 valence electrons. The van der Waals surface area contributed by atoms with Crippen LogP contribution >= 0.6 is 0 Å². The molecule has 6 heteroatoms. The second-order valence-corrected chi connectivity index (χ2v) is 4.64. The molecule has 0 aliphatic carbocycles. The van der Waals surface area contributed by atoms with Crippen molar-refractivity contribution in [1.29, 1.82) is 0 Å². The van der Waals surface area contributed by atoms with Gasteiger partial charge in [0.25, 0.3) is 0 Å². The minimum atomic E-state index is -0.330. The predicted molar refractivity (Wildman–Crippen MR) is 80.5 cm³/mol. The average Bonchev–Trinajstić information content (AvgIpc) is 3.01. The molecule has 2 N–H and O–H groups in total. The lowest BCUT2D eigenvalue weighted by molar-refractivity contribution is -0.138. The van der Waals surface area contributed by atoms with E-state index in [-0.39, 0.29) is 12.1 Å². The van der Waals surface area contributed by atoms with Crippen LogP contribution in [0.25, 0.3) is 0 Å². The number of urea groups is 1. The molecule has 0 saturated carbocycles. The topological polar surface area (TPSA) is 70.2 Å². The van der Waals surface area contributed by atoms with Crippen LogP contribution in [0.5, 0.6) is 0 Å². The van der Waals surface area contributed by atoms with Crippen molar-refractivity contribution in [2.24, 2.45) is 0 Å². The second-order valence-electron chi connectivity index (χ2n) is 4.64. The van der Waals surface area contributed by atoms with Crippen LogP contribution in [0.3, 0.4) is 0 Å². The van der Waals surface area contributed by atoms with Crippen LogP contribution in [0.15, 0.2) is 42.9 Å². The van der Waals surface area contributed by atoms with E-state index in [1.54, 1.807) is 6.20 Å². The summed E-state index contributed by atoms with van der Waals surface area (Å²) in [6, 6.07) is 9.24. The van der Waals surface area contributed by atoms with Crippen molar-refractivity contribution in [2.75, 3.05) is 11.9 Å². The number of amides is 2. The second kappa shape index (κ2) is 7.44. The Bertz CT molecular complexity index is 542. The fraction of sp³-hybridized carbons (Fsp3) is 0.333. The van der Waals surface area contributed by atoms with Gasteiger partial charge in [0.1, 0.15) is 5.82 Å². The van der Waals surface area contributed by atoms with Crippen molar-refractivity contribution in [3.05, 3.63) is 48.4 Å². The number of hydrogen-bond acceptors (Lipinski definition) is 3. The molecule has 2 aromatic rings. The highest BCUT2D eigenvalue weighted by atomic mass is 16.7. The SMILES string of the molecule is CCCON(C(=O)Nc1cnc[nH]1)[C@H](C)c1ccccc1. The minimum Gasteiger partial charge on any atom is -0.331 e. The van der Waals surface area contributed by atoms with E-state index in [2.05, 4.69) is 15.3 Å². The normalized spacial score (nSPS) is 11.9. The molecule has 0 aliphatic rings. The Morgan fingerprint density at radius 1 is 1.43 bits per heavy atom. The molecule has 0 spiro atoms. The van der Waals surface area contributed by atoms with Gasteiger partial charge in [-0.15, -0.1) is 0 Å². The molecular weight excluding hydrogens is 268 g/mol. The Morgan fingerprint density at radius 3 is 2.81 bits per heavy atom. The first-order valence-electron chi connectivity index (χ1n) is 6.98. The molecule has 21 heavy (non-hydrogen) atoms. The monoisotopic (exact) mass is 288 g/mol. The smallest absolute Gasteiger partial charge is 0.331 e. The largest absolute Gasteiger partial charge is 0.347 e. The first-order chi connectivity index (χ1) is 10.2. The zero-order valence-corrected chi connectivity index (χ0v) is 12.2. The van der Waals surface area contributed by atoms with Gasteiger partial charge >= 0.3 is 6.03 Å². The Morgan fingerprint density at radius 2 is 2.19 bits per heavy atom. The number of benzene rings is 1. The number of carbonyl (C=O) groups is 1. The van der Waals surface area contributed by atoms with Crippen LogP contribution in [0, 0.1) is 0 Å². The molecule has 1 atom stereocenters. The van der Waals surface area contributed by atoms with Gasteiger partial charge in [-0.3, -0.25) is 10.2 Å². The molecule has 0 bridgehead atoms. The van der Waals surface area contributed by atoms with E-state index < -0.39 is 0 Å². The first kappa shape index (κ1) is 15.1. The fourth-order valence-corrected chi connectivity index (χ4v) is 1.90. The maximum absolute atomic E-state index is 12.4. The molecule has 0 unspecified atom stereocenters. The standard InChI is InChI=1S/C15H20N4O2/c1-3-9-21-19(12(2)13-7-5-4-6-8-13)15(20)18-14-10-16-11-17-14/h4-8,10-12H,3,9H2,1-2H3,(H,16,17)(H,18,20)/t12-/m1/s1. The lowest BCUT2D eigenvalue weighted by Gasteiger charge is -2.28. The van der Waals surface area contributed by atoms with Gasteiger partial charge in [-0.05, 0) is 18.9 Å². The lowest BCUT2D eigenvalue weighted by atomic mass is 10.1. The highest BCUT2D eigenvalue weighted by Gasteiger charge is 2.23. The highest BCUT2D eigenvalue weighted by molar-refractivity contribution is 5.87. The Balaban J connectivity index is 2.11. The van der Waals surface area contributed by atoms with Gasteiger partial charge < -0.3 is 4.98 Å². The minimum absolute atomic E-state index is 0.194. The van der Waals surface area contributed by atoms with Crippen LogP contribution < -0.4 is 5.32 Å². The number of nitrogens with zero attached hydrogens (tertiary/aromatic N) is 2. The summed E-state index contributed by atoms with van der Waals surface area (Å²) in [6.45, 7) is 4.41. The molecule has 1 aromatic carbocycles. The zero-order chi connectivity index (χ0) is 15.1. The molecule has 2 rings (SSSR count). The van der Waals surface area contributed by atoms with Crippen LogP contribution in [0.1, 0.15) is 31.9 Å². The maximum Gasteiger partial charge on any atom is 0.347 e. The van der Waals surface area contributed by atoms with Gasteiger partial charge in [-0.1, -0.05) is 37.3 Å². The predicted octanol–water partition coefficient (Wildman–Crippen LogP) is 3.35. The number of H-pyrrole nitrogens is 1. The van der Waals surface area contributed by atoms with Gasteiger partial charge in [0.2, 0.25) is 0 Å². The molecule has 1 heterocycles. The van der Waals surface area contributed by atoms with E-state index in [4.69, 9.17) is 4.84 Å². The third kappa shape index (κ3) is 4.06. The van der Waals surface area contributed by atoms with Crippen molar-refractivity contribution in [1.82, 2.24) is 15.0 Å². The van der Waals surface area contributed by atoms with Crippen molar-refractivity contribution < 1.29 is 9.63 Å². The number of rotatable bonds is 6. The van der Waals surface area contributed by atoms with E-state index in [9.17, 15) is 4.79 Å². The van der Waals surface area contributed by atoms with E-state index in [1.807, 2.05) is 44.2 Å². The molecule has 0 fully saturated rings. The summed E-state index contributed by atoms with van der Waals surface area (Å²) in [5.41, 5.74) is 1.01. The quantitative estimate of drug-likeness (QED) is 0.801. The van der Waals surface area contributed by atoms with E-state index >= 15 is 0 Å². The number of aromatic amines is 1. The van der Waals surface area contributed by atoms with Crippen LogP contribution in [-0.4, -0.2) is 27.7 Å². The van der Waals surface area contributed by atoms with Gasteiger partial charge in [0.05, 0.1) is 25.2 Å². The summed E-state index contributed by atoms with van der Waals surface area (Å²) in [5.74, 6) is 0.533. The molecule has 0 aliphatic heterocycles. The van der Waals surface area contributed by atoms with Crippen LogP contribution in [0.4, 0.5) is 10.6 Å². The lowest BCUT2D eigenvalue weighted by Crippen LogP contribution is -2.37. The molecule has 1 aromatic heterocycles. The number of imidazole rings is 1. The Labute approximate surface area is 124 Å². The molecule has 0 saturated heterocycles. The summed E-state index contributed by atoms with van der Waals surface area (Å²) < 4.78 is 0. The van der Waals surface area contributed by atoms with E-state index in [0.29, 0.717) is 12.4 Å². The summed E-state index contributed by atoms with van der Waals surface area (Å²) in [6.07, 6.45) is 3.88. The maximum atomic E-state index is 12.4. The zero-order valence-electron chi connectivity index (χ0n) is 12.2. The van der Waals surface area contributed by atoms with Gasteiger partial charge in [0.15, 0.2) is 0 Å². The Kier molecular flexibility index (Phi) is 5.34. The van der Waals surface area contributed by atoms with Gasteiger partial charge in [0, 0.05) is 0 Å². The number of aromatic nitrogens is 2. The van der Waals surface area contributed by atoms with Crippen molar-refractivity contribution in [3.63, 3.8) is 0 Å². The van der Waals surface area contributed by atoms with Crippen molar-refractivity contribution in [3.8, 4) is 0 Å². The summed E-state index contributed by atoms with van der Waals surface area (Å²) >= 11 is 0. The number of anilines is 1. The third-order valence-electron chi connectivity index (χ3n) is 3.01. The molecule has 0 radical (unpaired) electrons. The summed E-state index contributed by atoms with van der Waals surface area (Å²) in [4.78, 5) is 24.7. The van der Waals surface area contributed by atoms with Gasteiger partial charge in [-0.25, -0.2) is 9.78 Å². The molecular formula is C15H20N4O2. The molecule has 2 amide bonds. The Hall–Kier alpha value is -2.34. The van der Waals surface area contributed by atoms with E-state index in [1.165, 1.54) is 11.4 Å². The van der Waals surface area contributed by atoms with Crippen LogP contribution in [-0.2, 0) is 4.84 Å². The summed E-state index contributed by atoms with van der Waals surface area (Å²) in [5, 5.41) is 4.09. The average molecular weight is 288 g/mol. The summed E-state index contributed by atoms with van der Waals surface area (Å²) in [7, 11) is 0. The van der Waals surface area contributed by atoms with Crippen LogP contribution in [0.2, 0.25) is 0 Å². The highest BCUT2D eigenvalue weighted by Crippen LogP contribution is 2.21. The number of nitrogens with one attached hydrogen (secondary N) is 2. The van der Waals surface area contributed by atoms with Gasteiger partial charge in [-0.2, -0.15) is 5.06 Å². The van der Waals surface area contributed by atoms with Crippen molar-refractivity contribution in [2.45, 2.75) is 26.3 Å². The number of carbonyl (C=O) groups excluding carboxylic acids is 1. The molecule has 6 nitrogen and oxygen atoms in total. The van der Waals surface area contributed by atoms with Crippen molar-refractivity contribution >= 4 is 11.8 Å². The fourth-order valence-electron chi connectivity index (χ4n) is 1.90. The number of hydrogen-bond donors (Lipinski definition) is 2. The third-order valence-corrected chi connectivity index (χ3v) is 3.01. The number of hydroxylamine groups is 2.